The number of halogens is 1. The molecule has 0 amide bonds. The number of rotatable bonds is 3. The quantitative estimate of drug-likeness (QED) is 0.872. The Balaban J connectivity index is 2.37. The minimum atomic E-state index is -0.588. The van der Waals surface area contributed by atoms with Crippen molar-refractivity contribution in [3.8, 4) is 5.69 Å². The zero-order chi connectivity index (χ0) is 14.0. The molecule has 2 rings (SSSR count). The first-order chi connectivity index (χ1) is 9.02. The van der Waals surface area contributed by atoms with Gasteiger partial charge >= 0.3 is 5.97 Å². The predicted octanol–water partition coefficient (Wildman–Crippen LogP) is 1.87. The summed E-state index contributed by atoms with van der Waals surface area (Å²) in [5, 5.41) is 13.5. The smallest absolute Gasteiger partial charge is 0.377 e. The van der Waals surface area contributed by atoms with Gasteiger partial charge < -0.3 is 9.84 Å². The van der Waals surface area contributed by atoms with Gasteiger partial charge in [0.25, 0.3) is 5.82 Å². The van der Waals surface area contributed by atoms with Gasteiger partial charge in [-0.15, -0.1) is 5.10 Å². The van der Waals surface area contributed by atoms with E-state index in [0.29, 0.717) is 5.69 Å². The molecule has 6 nitrogen and oxygen atoms in total. The van der Waals surface area contributed by atoms with Gasteiger partial charge in [-0.3, -0.25) is 0 Å². The first-order valence-electron chi connectivity index (χ1n) is 5.50. The van der Waals surface area contributed by atoms with E-state index < -0.39 is 12.1 Å². The number of ether oxygens (including phenoxy) is 1. The Morgan fingerprint density at radius 3 is 2.84 bits per heavy atom. The van der Waals surface area contributed by atoms with E-state index in [9.17, 15) is 9.90 Å². The molecule has 0 aliphatic carbocycles. The standard InChI is InChI=1S/C12H12BrN3O3/c1-7(17)8-3-4-10(9(13)5-8)16-6-14-11(15-16)12(18)19-2/h3-7,17H,1-2H3/t7-/m0/s1. The molecule has 1 atom stereocenters. The van der Waals surface area contributed by atoms with Crippen molar-refractivity contribution < 1.29 is 14.6 Å². The van der Waals surface area contributed by atoms with E-state index in [1.807, 2.05) is 0 Å². The van der Waals surface area contributed by atoms with Gasteiger partial charge in [-0.25, -0.2) is 14.5 Å². The SMILES string of the molecule is COC(=O)c1ncn(-c2ccc([C@H](C)O)cc2Br)n1. The third-order valence-electron chi connectivity index (χ3n) is 2.56. The Bertz CT molecular complexity index is 610. The lowest BCUT2D eigenvalue weighted by Crippen LogP contribution is -2.05. The maximum atomic E-state index is 11.3. The van der Waals surface area contributed by atoms with Crippen molar-refractivity contribution >= 4 is 21.9 Å². The molecule has 0 saturated heterocycles. The number of benzene rings is 1. The Morgan fingerprint density at radius 1 is 1.53 bits per heavy atom. The monoisotopic (exact) mass is 325 g/mol. The number of carbonyl (C=O) groups excluding carboxylic acids is 1. The first-order valence-corrected chi connectivity index (χ1v) is 6.30. The summed E-state index contributed by atoms with van der Waals surface area (Å²) in [6.45, 7) is 1.69. The molecule has 0 bridgehead atoms. The lowest BCUT2D eigenvalue weighted by atomic mass is 10.1. The number of carbonyl (C=O) groups is 1. The van der Waals surface area contributed by atoms with Gasteiger partial charge in [-0.05, 0) is 40.5 Å². The Kier molecular flexibility index (Phi) is 3.96. The largest absolute Gasteiger partial charge is 0.463 e. The van der Waals surface area contributed by atoms with E-state index in [2.05, 4.69) is 30.7 Å². The highest BCUT2D eigenvalue weighted by atomic mass is 79.9. The van der Waals surface area contributed by atoms with Crippen LogP contribution >= 0.6 is 15.9 Å². The minimum Gasteiger partial charge on any atom is -0.463 e. The van der Waals surface area contributed by atoms with Crippen LogP contribution in [0.3, 0.4) is 0 Å². The van der Waals surface area contributed by atoms with Crippen LogP contribution in [0, 0.1) is 0 Å². The van der Waals surface area contributed by atoms with Crippen LogP contribution in [-0.4, -0.2) is 33.0 Å². The average molecular weight is 326 g/mol. The van der Waals surface area contributed by atoms with E-state index in [0.717, 1.165) is 10.0 Å². The summed E-state index contributed by atoms with van der Waals surface area (Å²) >= 11 is 3.40. The third kappa shape index (κ3) is 2.82. The molecule has 0 aliphatic rings. The fourth-order valence-corrected chi connectivity index (χ4v) is 2.11. The summed E-state index contributed by atoms with van der Waals surface area (Å²) in [6, 6.07) is 5.35. The van der Waals surface area contributed by atoms with Gasteiger partial charge in [0.2, 0.25) is 0 Å². The van der Waals surface area contributed by atoms with Crippen molar-refractivity contribution in [1.29, 1.82) is 0 Å². The molecule has 1 N–H and O–H groups in total. The molecule has 19 heavy (non-hydrogen) atoms. The second kappa shape index (κ2) is 5.50. The van der Waals surface area contributed by atoms with Gasteiger partial charge in [-0.2, -0.15) is 0 Å². The zero-order valence-electron chi connectivity index (χ0n) is 10.4. The predicted molar refractivity (Wildman–Crippen MR) is 71.0 cm³/mol. The first kappa shape index (κ1) is 13.7. The van der Waals surface area contributed by atoms with E-state index in [4.69, 9.17) is 0 Å². The molecule has 0 radical (unpaired) electrons. The molecular formula is C12H12BrN3O3. The molecule has 7 heteroatoms. The average Bonchev–Trinajstić information content (AvgIpc) is 2.87. The normalized spacial score (nSPS) is 12.2. The van der Waals surface area contributed by atoms with Crippen molar-refractivity contribution in [3.63, 3.8) is 0 Å². The highest BCUT2D eigenvalue weighted by Crippen LogP contribution is 2.24. The second-order valence-electron chi connectivity index (χ2n) is 3.89. The van der Waals surface area contributed by atoms with Crippen molar-refractivity contribution in [2.75, 3.05) is 7.11 Å². The molecule has 1 heterocycles. The fraction of sp³-hybridized carbons (Fsp3) is 0.250. The molecular weight excluding hydrogens is 314 g/mol. The Morgan fingerprint density at radius 2 is 2.26 bits per heavy atom. The summed E-state index contributed by atoms with van der Waals surface area (Å²) in [5.41, 5.74) is 1.50. The number of aliphatic hydroxyl groups is 1. The summed E-state index contributed by atoms with van der Waals surface area (Å²) in [6.07, 6.45) is 0.876. The Labute approximate surface area is 118 Å². The summed E-state index contributed by atoms with van der Waals surface area (Å²) < 4.78 is 6.75. The minimum absolute atomic E-state index is 0.00555. The lowest BCUT2D eigenvalue weighted by molar-refractivity contribution is 0.0587. The maximum Gasteiger partial charge on any atom is 0.377 e. The molecule has 2 aromatic rings. The zero-order valence-corrected chi connectivity index (χ0v) is 12.0. The van der Waals surface area contributed by atoms with E-state index in [-0.39, 0.29) is 5.82 Å². The molecule has 0 unspecified atom stereocenters. The molecule has 1 aromatic carbocycles. The van der Waals surface area contributed by atoms with Gasteiger partial charge in [-0.1, -0.05) is 6.07 Å². The van der Waals surface area contributed by atoms with Crippen LogP contribution in [0.4, 0.5) is 0 Å². The Hall–Kier alpha value is -1.73. The van der Waals surface area contributed by atoms with Crippen molar-refractivity contribution in [2.45, 2.75) is 13.0 Å². The maximum absolute atomic E-state index is 11.3. The van der Waals surface area contributed by atoms with Gasteiger partial charge in [0, 0.05) is 4.47 Å². The van der Waals surface area contributed by atoms with Crippen LogP contribution < -0.4 is 0 Å². The van der Waals surface area contributed by atoms with E-state index >= 15 is 0 Å². The molecule has 100 valence electrons. The van der Waals surface area contributed by atoms with Crippen LogP contribution in [0.1, 0.15) is 29.2 Å². The highest BCUT2D eigenvalue weighted by Gasteiger charge is 2.13. The molecule has 0 fully saturated rings. The van der Waals surface area contributed by atoms with Crippen molar-refractivity contribution in [1.82, 2.24) is 14.8 Å². The fourth-order valence-electron chi connectivity index (χ4n) is 1.53. The number of hydrogen-bond donors (Lipinski definition) is 1. The van der Waals surface area contributed by atoms with Gasteiger partial charge in [0.15, 0.2) is 0 Å². The number of nitrogens with zero attached hydrogens (tertiary/aromatic N) is 3. The highest BCUT2D eigenvalue weighted by molar-refractivity contribution is 9.10. The number of aliphatic hydroxyl groups excluding tert-OH is 1. The van der Waals surface area contributed by atoms with Gasteiger partial charge in [0.05, 0.1) is 18.9 Å². The second-order valence-corrected chi connectivity index (χ2v) is 4.75. The summed E-state index contributed by atoms with van der Waals surface area (Å²) in [5.74, 6) is -0.593. The topological polar surface area (TPSA) is 77.2 Å². The van der Waals surface area contributed by atoms with Crippen LogP contribution in [0.2, 0.25) is 0 Å². The molecule has 1 aromatic heterocycles. The summed E-state index contributed by atoms with van der Waals surface area (Å²) in [7, 11) is 1.27. The van der Waals surface area contributed by atoms with Crippen molar-refractivity contribution in [3.05, 3.63) is 40.4 Å². The lowest BCUT2D eigenvalue weighted by Gasteiger charge is -2.08. The van der Waals surface area contributed by atoms with E-state index in [1.165, 1.54) is 18.1 Å². The molecule has 0 saturated carbocycles. The third-order valence-corrected chi connectivity index (χ3v) is 3.20. The van der Waals surface area contributed by atoms with Crippen LogP contribution in [0.25, 0.3) is 5.69 Å². The molecule has 0 spiro atoms. The van der Waals surface area contributed by atoms with Gasteiger partial charge in [0.1, 0.15) is 6.33 Å². The van der Waals surface area contributed by atoms with Crippen LogP contribution in [0.15, 0.2) is 29.0 Å². The van der Waals surface area contributed by atoms with Crippen molar-refractivity contribution in [2.24, 2.45) is 0 Å². The number of esters is 1. The number of aromatic nitrogens is 3. The molecule has 0 aliphatic heterocycles. The number of hydrogen-bond acceptors (Lipinski definition) is 5. The number of methoxy groups -OCH3 is 1. The van der Waals surface area contributed by atoms with Crippen LogP contribution in [-0.2, 0) is 4.74 Å². The van der Waals surface area contributed by atoms with Crippen LogP contribution in [0.5, 0.6) is 0 Å². The summed E-state index contributed by atoms with van der Waals surface area (Å²) in [4.78, 5) is 15.2. The van der Waals surface area contributed by atoms with E-state index in [1.54, 1.807) is 25.1 Å².